The first-order valence-corrected chi connectivity index (χ1v) is 15.5. The van der Waals surface area contributed by atoms with Crippen LogP contribution in [0.3, 0.4) is 0 Å². The molecule has 3 aromatic carbocycles. The summed E-state index contributed by atoms with van der Waals surface area (Å²) in [6.45, 7) is 11.2. The van der Waals surface area contributed by atoms with Gasteiger partial charge in [0.15, 0.2) is 0 Å². The molecule has 3 atom stereocenters. The Bertz CT molecular complexity index is 1830. The summed E-state index contributed by atoms with van der Waals surface area (Å²) < 4.78 is 23.8. The second-order valence-electron chi connectivity index (χ2n) is 12.3. The molecule has 3 aliphatic rings. The van der Waals surface area contributed by atoms with Crippen LogP contribution in [0, 0.1) is 23.7 Å². The Morgan fingerprint density at radius 1 is 1.16 bits per heavy atom. The molecular formula is C35H35FN6O2. The highest BCUT2D eigenvalue weighted by Gasteiger charge is 2.39. The van der Waals surface area contributed by atoms with E-state index in [1.165, 1.54) is 0 Å². The third-order valence-electron chi connectivity index (χ3n) is 9.68. The largest absolute Gasteiger partial charge is 0.508 e. The maximum Gasteiger partial charge on any atom is 0.257 e. The summed E-state index contributed by atoms with van der Waals surface area (Å²) in [5, 5.41) is 26.0. The molecule has 3 aliphatic heterocycles. The van der Waals surface area contributed by atoms with E-state index in [1.807, 2.05) is 30.3 Å². The Morgan fingerprint density at radius 3 is 2.68 bits per heavy atom. The van der Waals surface area contributed by atoms with Crippen LogP contribution in [-0.4, -0.2) is 66.4 Å². The third kappa shape index (κ3) is 4.77. The summed E-state index contributed by atoms with van der Waals surface area (Å²) in [6.07, 6.45) is 4.61. The molecule has 2 unspecified atom stereocenters. The third-order valence-corrected chi connectivity index (χ3v) is 9.68. The van der Waals surface area contributed by atoms with Crippen LogP contribution in [0.2, 0.25) is 0 Å². The highest BCUT2D eigenvalue weighted by Crippen LogP contribution is 2.48. The number of likely N-dealkylation sites (N-methyl/N-ethyl adjacent to an activating group) is 1. The fraction of sp³-hybridized carbons (Fsp3) is 0.400. The van der Waals surface area contributed by atoms with E-state index in [9.17, 15) is 10.4 Å². The van der Waals surface area contributed by atoms with E-state index in [0.29, 0.717) is 40.9 Å². The molecule has 1 aromatic heterocycles. The quantitative estimate of drug-likeness (QED) is 0.244. The van der Waals surface area contributed by atoms with E-state index in [4.69, 9.17) is 16.3 Å². The normalized spacial score (nSPS) is 21.5. The van der Waals surface area contributed by atoms with Gasteiger partial charge in [0.1, 0.15) is 24.0 Å². The Morgan fingerprint density at radius 2 is 1.95 bits per heavy atom. The van der Waals surface area contributed by atoms with Crippen LogP contribution < -0.4 is 15.0 Å². The predicted octanol–water partition coefficient (Wildman–Crippen LogP) is 6.32. The molecule has 9 heteroatoms. The van der Waals surface area contributed by atoms with Gasteiger partial charge in [0.05, 0.1) is 12.6 Å². The summed E-state index contributed by atoms with van der Waals surface area (Å²) >= 11 is 0. The van der Waals surface area contributed by atoms with Crippen molar-refractivity contribution in [3.8, 4) is 28.8 Å². The number of aryl methyl sites for hydroxylation is 1. The van der Waals surface area contributed by atoms with Gasteiger partial charge in [-0.1, -0.05) is 24.3 Å². The molecule has 0 spiro atoms. The second kappa shape index (κ2) is 11.6. The van der Waals surface area contributed by atoms with Crippen molar-refractivity contribution < 1.29 is 14.2 Å². The number of nitrogens with one attached hydrogen (secondary N) is 1. The number of hydrogen-bond acceptors (Lipinski definition) is 7. The number of likely N-dealkylation sites (tertiary alicyclic amines) is 1. The lowest BCUT2D eigenvalue weighted by Gasteiger charge is -2.37. The minimum absolute atomic E-state index is 0.0207. The number of anilines is 1. The number of phenols is 1. The molecule has 3 fully saturated rings. The van der Waals surface area contributed by atoms with E-state index < -0.39 is 5.82 Å². The number of rotatable bonds is 7. The first kappa shape index (κ1) is 28.3. The van der Waals surface area contributed by atoms with Gasteiger partial charge in [0.2, 0.25) is 5.88 Å². The van der Waals surface area contributed by atoms with Gasteiger partial charge in [-0.2, -0.15) is 5.26 Å². The van der Waals surface area contributed by atoms with E-state index in [1.54, 1.807) is 12.1 Å². The van der Waals surface area contributed by atoms with Crippen LogP contribution in [0.15, 0.2) is 42.5 Å². The molecule has 4 heterocycles. The standard InChI is InChI=1S/C35H35FN6O2/c1-38-33-31-29(16-22(8-5-13-37)30(32(31)36)28-17-26(43)15-21-7-3-4-10-27(21)28)34(42-23-11-12-24(42)19-39-18-23)40-35(33)44-20-25-9-6-14-41(25)2/h3-4,7,10,15-17,23-25,39,43H,5-6,8-9,11-12,14,18-20H2,2H3/t23?,24?,25-/m0/s1. The Hall–Kier alpha value is -4.44. The summed E-state index contributed by atoms with van der Waals surface area (Å²) in [4.78, 5) is 13.4. The first-order chi connectivity index (χ1) is 21.5. The lowest BCUT2D eigenvalue weighted by molar-refractivity contribution is 0.194. The fourth-order valence-corrected chi connectivity index (χ4v) is 7.50. The number of fused-ring (bicyclic) bond motifs is 4. The number of pyridine rings is 1. The highest BCUT2D eigenvalue weighted by molar-refractivity contribution is 6.08. The Kier molecular flexibility index (Phi) is 7.45. The van der Waals surface area contributed by atoms with E-state index >= 15 is 4.39 Å². The smallest absolute Gasteiger partial charge is 0.257 e. The Labute approximate surface area is 256 Å². The summed E-state index contributed by atoms with van der Waals surface area (Å²) in [5.74, 6) is 0.273. The summed E-state index contributed by atoms with van der Waals surface area (Å²) in [7, 11) is 2.07. The van der Waals surface area contributed by atoms with Gasteiger partial charge in [-0.05, 0) is 85.8 Å². The number of aromatic hydroxyl groups is 1. The van der Waals surface area contributed by atoms with Crippen molar-refractivity contribution in [3.05, 3.63) is 65.3 Å². The predicted molar refractivity (Wildman–Crippen MR) is 170 cm³/mol. The van der Waals surface area contributed by atoms with Gasteiger partial charge in [0, 0.05) is 54.0 Å². The number of hydrogen-bond donors (Lipinski definition) is 2. The molecule has 2 N–H and O–H groups in total. The van der Waals surface area contributed by atoms with Gasteiger partial charge >= 0.3 is 0 Å². The van der Waals surface area contributed by atoms with Crippen molar-refractivity contribution in [2.45, 2.75) is 56.7 Å². The summed E-state index contributed by atoms with van der Waals surface area (Å²) in [6, 6.07) is 15.5. The summed E-state index contributed by atoms with van der Waals surface area (Å²) in [5.41, 5.74) is 1.53. The molecule has 4 aromatic rings. The van der Waals surface area contributed by atoms with Gasteiger partial charge in [0.25, 0.3) is 5.69 Å². The van der Waals surface area contributed by atoms with E-state index in [0.717, 1.165) is 56.1 Å². The maximum atomic E-state index is 17.5. The van der Waals surface area contributed by atoms with Gasteiger partial charge in [-0.25, -0.2) is 14.2 Å². The van der Waals surface area contributed by atoms with Crippen LogP contribution in [0.25, 0.3) is 37.5 Å². The average molecular weight is 591 g/mol. The maximum absolute atomic E-state index is 17.5. The molecular weight excluding hydrogens is 555 g/mol. The average Bonchev–Trinajstić information content (AvgIpc) is 3.55. The minimum Gasteiger partial charge on any atom is -0.508 e. The highest BCUT2D eigenvalue weighted by atomic mass is 19.1. The topological polar surface area (TPSA) is 89.0 Å². The monoisotopic (exact) mass is 590 g/mol. The van der Waals surface area contributed by atoms with Gasteiger partial charge < -0.3 is 25.0 Å². The van der Waals surface area contributed by atoms with Crippen LogP contribution in [0.5, 0.6) is 11.6 Å². The van der Waals surface area contributed by atoms with Crippen molar-refractivity contribution in [3.63, 3.8) is 0 Å². The zero-order valence-electron chi connectivity index (χ0n) is 24.8. The van der Waals surface area contributed by atoms with Crippen molar-refractivity contribution in [1.82, 2.24) is 15.2 Å². The molecule has 0 radical (unpaired) electrons. The van der Waals surface area contributed by atoms with Gasteiger partial charge in [-0.15, -0.1) is 0 Å². The first-order valence-electron chi connectivity index (χ1n) is 15.5. The molecule has 7 rings (SSSR count). The number of nitriles is 1. The molecule has 2 bridgehead atoms. The molecule has 224 valence electrons. The zero-order chi connectivity index (χ0) is 30.4. The lowest BCUT2D eigenvalue weighted by atomic mass is 9.89. The molecule has 8 nitrogen and oxygen atoms in total. The van der Waals surface area contributed by atoms with Crippen molar-refractivity contribution >= 4 is 33.1 Å². The minimum atomic E-state index is -0.550. The number of aromatic nitrogens is 1. The Balaban J connectivity index is 1.51. The number of piperazine rings is 1. The molecule has 0 amide bonds. The van der Waals surface area contributed by atoms with E-state index in [2.05, 4.69) is 33.1 Å². The van der Waals surface area contributed by atoms with Crippen molar-refractivity contribution in [2.24, 2.45) is 0 Å². The molecule has 3 saturated heterocycles. The zero-order valence-corrected chi connectivity index (χ0v) is 24.8. The second-order valence-corrected chi connectivity index (χ2v) is 12.3. The number of nitrogens with zero attached hydrogens (tertiary/aromatic N) is 5. The molecule has 0 aliphatic carbocycles. The van der Waals surface area contributed by atoms with Crippen molar-refractivity contribution in [1.29, 1.82) is 5.26 Å². The van der Waals surface area contributed by atoms with Crippen LogP contribution in [-0.2, 0) is 6.42 Å². The SMILES string of the molecule is [C-]#[N+]c1c(OC[C@@H]2CCCN2C)nc(N2C3CCC2CNC3)c2cc(CCC#N)c(-c3cc(O)cc4ccccc34)c(F)c12. The van der Waals surface area contributed by atoms with Crippen LogP contribution >= 0.6 is 0 Å². The number of phenolic OH excluding ortho intramolecular Hbond substituents is 1. The van der Waals surface area contributed by atoms with Gasteiger partial charge in [-0.3, -0.25) is 0 Å². The van der Waals surface area contributed by atoms with Crippen molar-refractivity contribution in [2.75, 3.05) is 38.2 Å². The number of benzene rings is 3. The molecule has 0 saturated carbocycles. The van der Waals surface area contributed by atoms with Crippen LogP contribution in [0.1, 0.15) is 37.7 Å². The van der Waals surface area contributed by atoms with Crippen LogP contribution in [0.4, 0.5) is 15.9 Å². The molecule has 44 heavy (non-hydrogen) atoms. The lowest BCUT2D eigenvalue weighted by Crippen LogP contribution is -2.52. The van der Waals surface area contributed by atoms with E-state index in [-0.39, 0.29) is 47.2 Å². The number of ether oxygens (including phenoxy) is 1. The fourth-order valence-electron chi connectivity index (χ4n) is 7.50. The number of halogens is 1.